The van der Waals surface area contributed by atoms with E-state index in [0.29, 0.717) is 16.8 Å². The van der Waals surface area contributed by atoms with Crippen LogP contribution in [0.25, 0.3) is 11.1 Å². The number of hydrogen-bond donors (Lipinski definition) is 2. The van der Waals surface area contributed by atoms with Gasteiger partial charge in [0.2, 0.25) is 0 Å². The molecule has 0 bridgehead atoms. The molecule has 2 N–H and O–H groups in total. The molecular weight excluding hydrogens is 374 g/mol. The first kappa shape index (κ1) is 18.1. The van der Waals surface area contributed by atoms with Gasteiger partial charge < -0.3 is 10.2 Å². The maximum atomic E-state index is 12.7. The molecule has 4 rings (SSSR count). The van der Waals surface area contributed by atoms with Gasteiger partial charge >= 0.3 is 11.9 Å². The van der Waals surface area contributed by atoms with Crippen molar-refractivity contribution in [2.24, 2.45) is 0 Å². The fraction of sp³-hybridized carbons (Fsp3) is 0. The van der Waals surface area contributed by atoms with E-state index in [1.807, 2.05) is 0 Å². The van der Waals surface area contributed by atoms with Gasteiger partial charge in [-0.2, -0.15) is 0 Å². The van der Waals surface area contributed by atoms with E-state index in [-0.39, 0.29) is 22.3 Å². The Hall–Kier alpha value is -4.26. The third-order valence-corrected chi connectivity index (χ3v) is 4.73. The molecule has 0 saturated heterocycles. The van der Waals surface area contributed by atoms with Crippen LogP contribution in [0.3, 0.4) is 0 Å². The highest BCUT2D eigenvalue weighted by atomic mass is 16.4. The Morgan fingerprint density at radius 2 is 1.34 bits per heavy atom. The SMILES string of the molecule is O=C(O)c1ccc2c(c1)C(=O)N(c1ccc(-c3ccccc3C(=O)O)cc1)C2=O. The molecule has 3 aromatic rings. The summed E-state index contributed by atoms with van der Waals surface area (Å²) in [6.45, 7) is 0. The summed E-state index contributed by atoms with van der Waals surface area (Å²) in [7, 11) is 0. The number of carboxylic acid groups (broad SMARTS) is 2. The quantitative estimate of drug-likeness (QED) is 0.662. The molecule has 3 aromatic carbocycles. The average molecular weight is 387 g/mol. The van der Waals surface area contributed by atoms with Gasteiger partial charge in [0.1, 0.15) is 0 Å². The van der Waals surface area contributed by atoms with Gasteiger partial charge in [0.25, 0.3) is 11.8 Å². The zero-order valence-corrected chi connectivity index (χ0v) is 14.8. The molecule has 0 saturated carbocycles. The molecule has 1 aliphatic rings. The highest BCUT2D eigenvalue weighted by Gasteiger charge is 2.37. The van der Waals surface area contributed by atoms with Gasteiger partial charge in [-0.05, 0) is 47.5 Å². The summed E-state index contributed by atoms with van der Waals surface area (Å²) in [6, 6.07) is 16.7. The van der Waals surface area contributed by atoms with Crippen molar-refractivity contribution >= 4 is 29.4 Å². The van der Waals surface area contributed by atoms with Crippen molar-refractivity contribution in [3.63, 3.8) is 0 Å². The number of hydrogen-bond acceptors (Lipinski definition) is 4. The van der Waals surface area contributed by atoms with Crippen LogP contribution in [0.1, 0.15) is 41.4 Å². The second kappa shape index (κ2) is 6.72. The molecule has 0 fully saturated rings. The van der Waals surface area contributed by atoms with Gasteiger partial charge in [-0.1, -0.05) is 30.3 Å². The van der Waals surface area contributed by atoms with Crippen LogP contribution >= 0.6 is 0 Å². The molecule has 1 heterocycles. The van der Waals surface area contributed by atoms with Crippen molar-refractivity contribution in [2.45, 2.75) is 0 Å². The standard InChI is InChI=1S/C22H13NO6/c24-19-16-10-7-13(21(26)27)11-18(16)20(25)23(19)14-8-5-12(6-9-14)15-3-1-2-4-17(15)22(28)29/h1-11H,(H,26,27)(H,28,29). The fourth-order valence-corrected chi connectivity index (χ4v) is 3.32. The molecule has 7 nitrogen and oxygen atoms in total. The van der Waals surface area contributed by atoms with Crippen molar-refractivity contribution in [3.05, 3.63) is 89.0 Å². The first-order valence-corrected chi connectivity index (χ1v) is 8.57. The summed E-state index contributed by atoms with van der Waals surface area (Å²) in [6.07, 6.45) is 0. The Morgan fingerprint density at radius 3 is 2.00 bits per heavy atom. The zero-order valence-electron chi connectivity index (χ0n) is 14.8. The molecule has 0 atom stereocenters. The van der Waals surface area contributed by atoms with Gasteiger partial charge in [0.15, 0.2) is 0 Å². The van der Waals surface area contributed by atoms with Crippen molar-refractivity contribution in [1.82, 2.24) is 0 Å². The molecule has 0 radical (unpaired) electrons. The largest absolute Gasteiger partial charge is 0.478 e. The third-order valence-electron chi connectivity index (χ3n) is 4.73. The van der Waals surface area contributed by atoms with Gasteiger partial charge in [-0.25, -0.2) is 14.5 Å². The van der Waals surface area contributed by atoms with E-state index in [2.05, 4.69) is 0 Å². The van der Waals surface area contributed by atoms with Gasteiger partial charge in [0, 0.05) is 0 Å². The van der Waals surface area contributed by atoms with Crippen molar-refractivity contribution in [1.29, 1.82) is 0 Å². The number of fused-ring (bicyclic) bond motifs is 1. The van der Waals surface area contributed by atoms with Crippen LogP contribution < -0.4 is 4.90 Å². The Morgan fingerprint density at radius 1 is 0.690 bits per heavy atom. The number of anilines is 1. The van der Waals surface area contributed by atoms with Crippen LogP contribution in [0.5, 0.6) is 0 Å². The van der Waals surface area contributed by atoms with Crippen LogP contribution in [-0.4, -0.2) is 34.0 Å². The number of amides is 2. The molecule has 0 spiro atoms. The minimum atomic E-state index is -1.19. The number of imide groups is 1. The number of benzene rings is 3. The summed E-state index contributed by atoms with van der Waals surface area (Å²) in [5.41, 5.74) is 1.69. The van der Waals surface area contributed by atoms with Gasteiger partial charge in [-0.15, -0.1) is 0 Å². The summed E-state index contributed by atoms with van der Waals surface area (Å²) in [5.74, 6) is -3.39. The second-order valence-corrected chi connectivity index (χ2v) is 6.41. The van der Waals surface area contributed by atoms with E-state index in [9.17, 15) is 24.3 Å². The Labute approximate surface area is 164 Å². The van der Waals surface area contributed by atoms with Crippen molar-refractivity contribution < 1.29 is 29.4 Å². The second-order valence-electron chi connectivity index (χ2n) is 6.41. The van der Waals surface area contributed by atoms with E-state index >= 15 is 0 Å². The number of aromatic carboxylic acids is 2. The molecule has 2 amide bonds. The lowest BCUT2D eigenvalue weighted by Gasteiger charge is -2.15. The molecule has 142 valence electrons. The maximum Gasteiger partial charge on any atom is 0.336 e. The maximum absolute atomic E-state index is 12.7. The molecule has 0 aromatic heterocycles. The first-order chi connectivity index (χ1) is 13.9. The van der Waals surface area contributed by atoms with Crippen LogP contribution in [0.4, 0.5) is 5.69 Å². The minimum absolute atomic E-state index is 0.0372. The lowest BCUT2D eigenvalue weighted by Crippen LogP contribution is -2.29. The average Bonchev–Trinajstić information content (AvgIpc) is 2.98. The van der Waals surface area contributed by atoms with E-state index in [4.69, 9.17) is 5.11 Å². The lowest BCUT2D eigenvalue weighted by molar-refractivity contribution is 0.0686. The number of nitrogens with zero attached hydrogens (tertiary/aromatic N) is 1. The predicted molar refractivity (Wildman–Crippen MR) is 103 cm³/mol. The lowest BCUT2D eigenvalue weighted by atomic mass is 9.99. The highest BCUT2D eigenvalue weighted by Crippen LogP contribution is 2.31. The van der Waals surface area contributed by atoms with Crippen LogP contribution in [0.15, 0.2) is 66.7 Å². The van der Waals surface area contributed by atoms with E-state index in [1.54, 1.807) is 42.5 Å². The molecule has 1 aliphatic heterocycles. The Kier molecular flexibility index (Phi) is 4.20. The fourth-order valence-electron chi connectivity index (χ4n) is 3.32. The number of carbonyl (C=O) groups is 4. The summed E-state index contributed by atoms with van der Waals surface area (Å²) in [5, 5.41) is 18.4. The highest BCUT2D eigenvalue weighted by molar-refractivity contribution is 6.34. The monoisotopic (exact) mass is 387 g/mol. The van der Waals surface area contributed by atoms with E-state index in [0.717, 1.165) is 4.90 Å². The van der Waals surface area contributed by atoms with Crippen LogP contribution in [0, 0.1) is 0 Å². The van der Waals surface area contributed by atoms with E-state index in [1.165, 1.54) is 24.3 Å². The predicted octanol–water partition coefficient (Wildman–Crippen LogP) is 3.55. The third kappa shape index (κ3) is 2.94. The van der Waals surface area contributed by atoms with Crippen molar-refractivity contribution in [3.8, 4) is 11.1 Å². The summed E-state index contributed by atoms with van der Waals surface area (Å²) < 4.78 is 0. The Bertz CT molecular complexity index is 1200. The first-order valence-electron chi connectivity index (χ1n) is 8.57. The molecule has 29 heavy (non-hydrogen) atoms. The smallest absolute Gasteiger partial charge is 0.336 e. The van der Waals surface area contributed by atoms with Gasteiger partial charge in [0.05, 0.1) is 27.9 Å². The normalized spacial score (nSPS) is 12.8. The number of carbonyl (C=O) groups excluding carboxylic acids is 2. The molecule has 0 aliphatic carbocycles. The molecule has 7 heteroatoms. The van der Waals surface area contributed by atoms with Crippen LogP contribution in [-0.2, 0) is 0 Å². The van der Waals surface area contributed by atoms with Crippen LogP contribution in [0.2, 0.25) is 0 Å². The molecular formula is C22H13NO6. The minimum Gasteiger partial charge on any atom is -0.478 e. The zero-order chi connectivity index (χ0) is 20.7. The molecule has 0 unspecified atom stereocenters. The topological polar surface area (TPSA) is 112 Å². The summed E-state index contributed by atoms with van der Waals surface area (Å²) >= 11 is 0. The Balaban J connectivity index is 1.70. The number of rotatable bonds is 4. The summed E-state index contributed by atoms with van der Waals surface area (Å²) in [4.78, 5) is 48.9. The number of carboxylic acids is 2. The van der Waals surface area contributed by atoms with Crippen molar-refractivity contribution in [2.75, 3.05) is 4.90 Å². The van der Waals surface area contributed by atoms with Gasteiger partial charge in [-0.3, -0.25) is 9.59 Å². The van der Waals surface area contributed by atoms with E-state index < -0.39 is 23.8 Å².